The molecule has 0 aliphatic carbocycles. The van der Waals surface area contributed by atoms with Gasteiger partial charge in [-0.1, -0.05) is 25.1 Å². The molecule has 5 heteroatoms. The monoisotopic (exact) mass is 223 g/mol. The first-order chi connectivity index (χ1) is 6.17. The Hall–Kier alpha value is 0.130. The molecule has 0 N–H and O–H groups in total. The van der Waals surface area contributed by atoms with E-state index in [0.717, 1.165) is 0 Å². The van der Waals surface area contributed by atoms with Crippen molar-refractivity contribution in [2.45, 2.75) is 18.2 Å². The van der Waals surface area contributed by atoms with Gasteiger partial charge in [0.15, 0.2) is 0 Å². The Morgan fingerprint density at radius 3 is 2.29 bits per heavy atom. The zero-order valence-electron chi connectivity index (χ0n) is 8.43. The number of benzene rings is 1. The van der Waals surface area contributed by atoms with E-state index in [2.05, 4.69) is 0 Å². The molecule has 0 atom stereocenters. The van der Waals surface area contributed by atoms with Crippen LogP contribution in [0.2, 0.25) is 0 Å². The van der Waals surface area contributed by atoms with E-state index in [4.69, 9.17) is 4.18 Å². The van der Waals surface area contributed by atoms with E-state index in [9.17, 15) is 8.42 Å². The second-order valence-electron chi connectivity index (χ2n) is 2.59. The van der Waals surface area contributed by atoms with Crippen LogP contribution in [0.4, 0.5) is 0 Å². The minimum absolute atomic E-state index is 0. The van der Waals surface area contributed by atoms with E-state index >= 15 is 0 Å². The average molecular weight is 223 g/mol. The summed E-state index contributed by atoms with van der Waals surface area (Å²) in [6, 6.07) is 8.14. The van der Waals surface area contributed by atoms with Crippen LogP contribution in [0.3, 0.4) is 0 Å². The summed E-state index contributed by atoms with van der Waals surface area (Å²) in [5.41, 5.74) is 0. The Labute approximate surface area is 107 Å². The molecule has 0 aromatic heterocycles. The molecule has 0 fully saturated rings. The third-order valence-corrected chi connectivity index (χ3v) is 2.80. The summed E-state index contributed by atoms with van der Waals surface area (Å²) in [4.78, 5) is 0.212. The normalized spacial score (nSPS) is 10.6. The molecule has 0 aliphatic rings. The predicted molar refractivity (Wildman–Crippen MR) is 55.6 cm³/mol. The Morgan fingerprint density at radius 2 is 1.79 bits per heavy atom. The molecular weight excluding hydrogens is 211 g/mol. The fourth-order valence-corrected chi connectivity index (χ4v) is 1.86. The molecule has 0 saturated heterocycles. The van der Waals surface area contributed by atoms with Gasteiger partial charge in [0, 0.05) is 29.6 Å². The first kappa shape index (κ1) is 14.1. The second kappa shape index (κ2) is 6.58. The largest absolute Gasteiger partial charge is 0.296 e. The molecule has 3 nitrogen and oxygen atoms in total. The van der Waals surface area contributed by atoms with Gasteiger partial charge in [0.25, 0.3) is 10.1 Å². The van der Waals surface area contributed by atoms with Crippen LogP contribution in [0.15, 0.2) is 35.2 Å². The van der Waals surface area contributed by atoms with Gasteiger partial charge >= 0.3 is 0 Å². The molecule has 0 heterocycles. The van der Waals surface area contributed by atoms with E-state index in [1.165, 1.54) is 12.1 Å². The summed E-state index contributed by atoms with van der Waals surface area (Å²) < 4.78 is 27.5. The van der Waals surface area contributed by atoms with Crippen LogP contribution < -0.4 is 0 Å². The van der Waals surface area contributed by atoms with Crippen LogP contribution in [0.5, 0.6) is 0 Å². The quantitative estimate of drug-likeness (QED) is 0.572. The van der Waals surface area contributed by atoms with Crippen LogP contribution in [-0.4, -0.2) is 44.6 Å². The van der Waals surface area contributed by atoms with E-state index in [1.807, 2.05) is 6.92 Å². The standard InChI is InChI=1S/C9H12O3S.Na/c1-2-8-12-13(10,11)9-6-4-3-5-7-9;/h3-7H,2,8H2,1H3;. The van der Waals surface area contributed by atoms with Gasteiger partial charge in [0.1, 0.15) is 0 Å². The zero-order valence-corrected chi connectivity index (χ0v) is 11.3. The van der Waals surface area contributed by atoms with Crippen molar-refractivity contribution < 1.29 is 12.6 Å². The fourth-order valence-electron chi connectivity index (χ4n) is 0.848. The predicted octanol–water partition coefficient (Wildman–Crippen LogP) is 1.42. The summed E-state index contributed by atoms with van der Waals surface area (Å²) in [5.74, 6) is 0. The molecule has 1 aromatic carbocycles. The summed E-state index contributed by atoms with van der Waals surface area (Å²) in [5, 5.41) is 0. The minimum atomic E-state index is -3.52. The molecule has 0 aliphatic heterocycles. The van der Waals surface area contributed by atoms with Crippen molar-refractivity contribution in [3.63, 3.8) is 0 Å². The molecule has 14 heavy (non-hydrogen) atoms. The maximum Gasteiger partial charge on any atom is 0.296 e. The number of hydrogen-bond donors (Lipinski definition) is 0. The topological polar surface area (TPSA) is 43.4 Å². The third-order valence-electron chi connectivity index (χ3n) is 1.47. The van der Waals surface area contributed by atoms with Gasteiger partial charge in [0.05, 0.1) is 11.5 Å². The van der Waals surface area contributed by atoms with Gasteiger partial charge < -0.3 is 0 Å². The van der Waals surface area contributed by atoms with Gasteiger partial charge in [0.2, 0.25) is 0 Å². The van der Waals surface area contributed by atoms with Gasteiger partial charge in [-0.05, 0) is 18.6 Å². The van der Waals surface area contributed by atoms with E-state index in [1.54, 1.807) is 18.2 Å². The molecule has 1 radical (unpaired) electrons. The first-order valence-electron chi connectivity index (χ1n) is 4.11. The van der Waals surface area contributed by atoms with Crippen molar-refractivity contribution >= 4 is 39.7 Å². The summed E-state index contributed by atoms with van der Waals surface area (Å²) in [6.07, 6.45) is 0.687. The van der Waals surface area contributed by atoms with E-state index < -0.39 is 10.1 Å². The molecule has 73 valence electrons. The van der Waals surface area contributed by atoms with Crippen LogP contribution in [0.1, 0.15) is 13.3 Å². The van der Waals surface area contributed by atoms with Gasteiger partial charge in [-0.15, -0.1) is 0 Å². The number of rotatable bonds is 4. The molecule has 0 bridgehead atoms. The summed E-state index contributed by atoms with van der Waals surface area (Å²) in [7, 11) is -3.52. The maximum atomic E-state index is 11.4. The first-order valence-corrected chi connectivity index (χ1v) is 5.52. The molecule has 0 spiro atoms. The van der Waals surface area contributed by atoms with Crippen LogP contribution in [0, 0.1) is 0 Å². The van der Waals surface area contributed by atoms with E-state index in [-0.39, 0.29) is 41.1 Å². The van der Waals surface area contributed by atoms with Crippen LogP contribution in [-0.2, 0) is 14.3 Å². The van der Waals surface area contributed by atoms with Gasteiger partial charge in [-0.3, -0.25) is 4.18 Å². The third kappa shape index (κ3) is 4.11. The van der Waals surface area contributed by atoms with Gasteiger partial charge in [-0.25, -0.2) is 0 Å². The summed E-state index contributed by atoms with van der Waals surface area (Å²) >= 11 is 0. The van der Waals surface area contributed by atoms with E-state index in [0.29, 0.717) is 6.42 Å². The molecular formula is C9H12NaO3S. The molecule has 0 unspecified atom stereocenters. The second-order valence-corrected chi connectivity index (χ2v) is 4.20. The van der Waals surface area contributed by atoms with Crippen molar-refractivity contribution in [3.8, 4) is 0 Å². The zero-order chi connectivity index (χ0) is 9.73. The Bertz CT molecular complexity index is 348. The van der Waals surface area contributed by atoms with Crippen LogP contribution >= 0.6 is 0 Å². The fraction of sp³-hybridized carbons (Fsp3) is 0.333. The average Bonchev–Trinajstić information content (AvgIpc) is 2.16. The Balaban J connectivity index is 0.00000169. The maximum absolute atomic E-state index is 11.4. The molecule has 0 saturated carbocycles. The Kier molecular flexibility index (Phi) is 6.64. The van der Waals surface area contributed by atoms with Gasteiger partial charge in [-0.2, -0.15) is 8.42 Å². The van der Waals surface area contributed by atoms with Crippen molar-refractivity contribution in [3.05, 3.63) is 30.3 Å². The van der Waals surface area contributed by atoms with Crippen molar-refractivity contribution in [1.82, 2.24) is 0 Å². The van der Waals surface area contributed by atoms with Crippen molar-refractivity contribution in [2.75, 3.05) is 6.61 Å². The SMILES string of the molecule is CCCOS(=O)(=O)c1ccccc1.[Na]. The minimum Gasteiger partial charge on any atom is -0.266 e. The Morgan fingerprint density at radius 1 is 1.21 bits per heavy atom. The van der Waals surface area contributed by atoms with Crippen molar-refractivity contribution in [2.24, 2.45) is 0 Å². The molecule has 1 rings (SSSR count). The smallest absolute Gasteiger partial charge is 0.266 e. The molecule has 0 amide bonds. The molecule has 1 aromatic rings. The van der Waals surface area contributed by atoms with Crippen molar-refractivity contribution in [1.29, 1.82) is 0 Å². The van der Waals surface area contributed by atoms with Crippen LogP contribution in [0.25, 0.3) is 0 Å². The summed E-state index contributed by atoms with van der Waals surface area (Å²) in [6.45, 7) is 2.09. The number of hydrogen-bond acceptors (Lipinski definition) is 3.